The molecule has 0 saturated heterocycles. The summed E-state index contributed by atoms with van der Waals surface area (Å²) in [4.78, 5) is 14.0. The molecule has 0 aromatic heterocycles. The Bertz CT molecular complexity index is 261. The first kappa shape index (κ1) is 18.2. The van der Waals surface area contributed by atoms with Crippen LogP contribution < -0.4 is 0 Å². The molecule has 0 heterocycles. The van der Waals surface area contributed by atoms with Crippen molar-refractivity contribution in [3.05, 3.63) is 0 Å². The summed E-state index contributed by atoms with van der Waals surface area (Å²) in [5.41, 5.74) is -0.484. The predicted octanol–water partition coefficient (Wildman–Crippen LogP) is 3.43. The number of amides is 1. The first-order valence-electron chi connectivity index (χ1n) is 7.31. The van der Waals surface area contributed by atoms with Crippen LogP contribution in [0.15, 0.2) is 0 Å². The summed E-state index contributed by atoms with van der Waals surface area (Å²) < 4.78 is 5.45. The molecule has 0 aromatic carbocycles. The summed E-state index contributed by atoms with van der Waals surface area (Å²) in [6.45, 7) is 12.6. The lowest BCUT2D eigenvalue weighted by molar-refractivity contribution is 0.0120. The molecule has 2 atom stereocenters. The summed E-state index contributed by atoms with van der Waals surface area (Å²) in [6.07, 6.45) is 2.50. The number of hydrogen-bond donors (Lipinski definition) is 1. The van der Waals surface area contributed by atoms with Crippen molar-refractivity contribution in [3.63, 3.8) is 0 Å². The van der Waals surface area contributed by atoms with Crippen molar-refractivity contribution in [2.75, 3.05) is 13.2 Å². The zero-order valence-corrected chi connectivity index (χ0v) is 13.4. The van der Waals surface area contributed by atoms with Crippen LogP contribution in [0.3, 0.4) is 0 Å². The summed E-state index contributed by atoms with van der Waals surface area (Å²) in [5, 5.41) is 9.06. The highest BCUT2D eigenvalue weighted by Gasteiger charge is 2.26. The van der Waals surface area contributed by atoms with Gasteiger partial charge in [0.1, 0.15) is 5.60 Å². The Kier molecular flexibility index (Phi) is 8.07. The molecule has 0 spiro atoms. The standard InChI is InChI=1S/C15H31NO3/c1-7-8-12(2)11-16(13(3)9-10-17)14(18)19-15(4,5)6/h12-13,17H,7-11H2,1-6H3. The first-order chi connectivity index (χ1) is 8.71. The Morgan fingerprint density at radius 2 is 1.84 bits per heavy atom. The predicted molar refractivity (Wildman–Crippen MR) is 78.2 cm³/mol. The van der Waals surface area contributed by atoms with Gasteiger partial charge in [-0.3, -0.25) is 0 Å². The van der Waals surface area contributed by atoms with Gasteiger partial charge in [0.2, 0.25) is 0 Å². The summed E-state index contributed by atoms with van der Waals surface area (Å²) in [6, 6.07) is -0.000781. The van der Waals surface area contributed by atoms with E-state index in [-0.39, 0.29) is 18.7 Å². The van der Waals surface area contributed by atoms with Crippen molar-refractivity contribution in [2.24, 2.45) is 5.92 Å². The number of hydrogen-bond acceptors (Lipinski definition) is 3. The molecule has 0 bridgehead atoms. The molecule has 1 amide bonds. The largest absolute Gasteiger partial charge is 0.444 e. The van der Waals surface area contributed by atoms with E-state index in [1.165, 1.54) is 0 Å². The SMILES string of the molecule is CCCC(C)CN(C(=O)OC(C)(C)C)C(C)CCO. The van der Waals surface area contributed by atoms with Gasteiger partial charge < -0.3 is 14.7 Å². The molecule has 0 aliphatic heterocycles. The minimum atomic E-state index is -0.484. The first-order valence-corrected chi connectivity index (χ1v) is 7.31. The third kappa shape index (κ3) is 8.09. The summed E-state index contributed by atoms with van der Waals surface area (Å²) in [5.74, 6) is 0.443. The molecule has 0 fully saturated rings. The van der Waals surface area contributed by atoms with Crippen LogP contribution in [-0.2, 0) is 4.74 Å². The van der Waals surface area contributed by atoms with Crippen LogP contribution in [0.1, 0.15) is 60.8 Å². The monoisotopic (exact) mass is 273 g/mol. The highest BCUT2D eigenvalue weighted by Crippen LogP contribution is 2.17. The van der Waals surface area contributed by atoms with Crippen LogP contribution in [-0.4, -0.2) is 40.9 Å². The molecule has 0 aromatic rings. The molecular weight excluding hydrogens is 242 g/mol. The fourth-order valence-corrected chi connectivity index (χ4v) is 2.02. The topological polar surface area (TPSA) is 49.8 Å². The lowest BCUT2D eigenvalue weighted by Crippen LogP contribution is -2.44. The van der Waals surface area contributed by atoms with Gasteiger partial charge in [-0.15, -0.1) is 0 Å². The normalized spacial score (nSPS) is 14.9. The quantitative estimate of drug-likeness (QED) is 0.773. The van der Waals surface area contributed by atoms with E-state index in [0.717, 1.165) is 12.8 Å². The van der Waals surface area contributed by atoms with Crippen LogP contribution in [0, 0.1) is 5.92 Å². The molecule has 4 nitrogen and oxygen atoms in total. The molecule has 0 radical (unpaired) electrons. The van der Waals surface area contributed by atoms with E-state index in [1.54, 1.807) is 4.90 Å². The minimum absolute atomic E-state index is 0.000781. The molecule has 4 heteroatoms. The Balaban J connectivity index is 4.70. The van der Waals surface area contributed by atoms with Gasteiger partial charge >= 0.3 is 6.09 Å². The lowest BCUT2D eigenvalue weighted by Gasteiger charge is -2.33. The lowest BCUT2D eigenvalue weighted by atomic mass is 10.0. The second kappa shape index (κ2) is 8.41. The van der Waals surface area contributed by atoms with Gasteiger partial charge in [-0.2, -0.15) is 0 Å². The number of carbonyl (C=O) groups excluding carboxylic acids is 1. The van der Waals surface area contributed by atoms with Crippen molar-refractivity contribution in [3.8, 4) is 0 Å². The van der Waals surface area contributed by atoms with Gasteiger partial charge in [-0.05, 0) is 46.5 Å². The molecule has 1 N–H and O–H groups in total. The third-order valence-electron chi connectivity index (χ3n) is 3.00. The number of aliphatic hydroxyl groups is 1. The molecule has 2 unspecified atom stereocenters. The van der Waals surface area contributed by atoms with Crippen molar-refractivity contribution < 1.29 is 14.6 Å². The zero-order valence-electron chi connectivity index (χ0n) is 13.4. The number of ether oxygens (including phenoxy) is 1. The van der Waals surface area contributed by atoms with E-state index >= 15 is 0 Å². The van der Waals surface area contributed by atoms with Gasteiger partial charge in [0, 0.05) is 19.2 Å². The summed E-state index contributed by atoms with van der Waals surface area (Å²) in [7, 11) is 0. The van der Waals surface area contributed by atoms with E-state index in [0.29, 0.717) is 18.9 Å². The van der Waals surface area contributed by atoms with E-state index in [2.05, 4.69) is 13.8 Å². The Labute approximate surface area is 118 Å². The Morgan fingerprint density at radius 1 is 1.26 bits per heavy atom. The van der Waals surface area contributed by atoms with Crippen LogP contribution >= 0.6 is 0 Å². The maximum atomic E-state index is 12.2. The molecule has 0 aliphatic carbocycles. The van der Waals surface area contributed by atoms with Crippen molar-refractivity contribution in [1.82, 2.24) is 4.90 Å². The maximum absolute atomic E-state index is 12.2. The number of carbonyl (C=O) groups is 1. The number of aliphatic hydroxyl groups excluding tert-OH is 1. The second-order valence-electron chi connectivity index (χ2n) is 6.39. The molecule has 0 aliphatic rings. The molecule has 0 saturated carbocycles. The summed E-state index contributed by atoms with van der Waals surface area (Å²) >= 11 is 0. The Hall–Kier alpha value is -0.770. The minimum Gasteiger partial charge on any atom is -0.444 e. The van der Waals surface area contributed by atoms with Gasteiger partial charge in [0.25, 0.3) is 0 Å². The van der Waals surface area contributed by atoms with Crippen LogP contribution in [0.5, 0.6) is 0 Å². The van der Waals surface area contributed by atoms with Gasteiger partial charge in [0.05, 0.1) is 0 Å². The van der Waals surface area contributed by atoms with Crippen LogP contribution in [0.4, 0.5) is 4.79 Å². The van der Waals surface area contributed by atoms with Crippen LogP contribution in [0.2, 0.25) is 0 Å². The van der Waals surface area contributed by atoms with Crippen molar-refractivity contribution in [1.29, 1.82) is 0 Å². The van der Waals surface area contributed by atoms with E-state index in [1.807, 2.05) is 27.7 Å². The second-order valence-corrected chi connectivity index (χ2v) is 6.39. The zero-order chi connectivity index (χ0) is 15.1. The van der Waals surface area contributed by atoms with Gasteiger partial charge in [-0.25, -0.2) is 4.79 Å². The number of rotatable bonds is 7. The highest BCUT2D eigenvalue weighted by atomic mass is 16.6. The van der Waals surface area contributed by atoms with E-state index in [9.17, 15) is 4.79 Å². The van der Waals surface area contributed by atoms with E-state index in [4.69, 9.17) is 9.84 Å². The number of nitrogens with zero attached hydrogens (tertiary/aromatic N) is 1. The van der Waals surface area contributed by atoms with Crippen molar-refractivity contribution in [2.45, 2.75) is 72.4 Å². The average molecular weight is 273 g/mol. The molecule has 0 rings (SSSR count). The molecular formula is C15H31NO3. The maximum Gasteiger partial charge on any atom is 0.410 e. The average Bonchev–Trinajstić information content (AvgIpc) is 2.24. The van der Waals surface area contributed by atoms with Crippen LogP contribution in [0.25, 0.3) is 0 Å². The molecule has 114 valence electrons. The van der Waals surface area contributed by atoms with Gasteiger partial charge in [0.15, 0.2) is 0 Å². The smallest absolute Gasteiger partial charge is 0.410 e. The molecule has 19 heavy (non-hydrogen) atoms. The fourth-order valence-electron chi connectivity index (χ4n) is 2.02. The van der Waals surface area contributed by atoms with E-state index < -0.39 is 5.60 Å². The van der Waals surface area contributed by atoms with Gasteiger partial charge in [-0.1, -0.05) is 20.3 Å². The highest BCUT2D eigenvalue weighted by molar-refractivity contribution is 5.68. The Morgan fingerprint density at radius 3 is 2.26 bits per heavy atom. The van der Waals surface area contributed by atoms with Crippen molar-refractivity contribution >= 4 is 6.09 Å². The fraction of sp³-hybridized carbons (Fsp3) is 0.933. The third-order valence-corrected chi connectivity index (χ3v) is 3.00.